The minimum atomic E-state index is -0.292. The molecule has 1 aliphatic rings. The average Bonchev–Trinajstić information content (AvgIpc) is 2.43. The van der Waals surface area contributed by atoms with Crippen molar-refractivity contribution in [2.75, 3.05) is 26.2 Å². The largest absolute Gasteiger partial charge is 0.489 e. The third-order valence-corrected chi connectivity index (χ3v) is 3.72. The zero-order valence-corrected chi connectivity index (χ0v) is 12.6. The zero-order valence-electron chi connectivity index (χ0n) is 11.8. The number of halogens is 2. The lowest BCUT2D eigenvalue weighted by Gasteiger charge is -2.35. The fourth-order valence-electron chi connectivity index (χ4n) is 2.71. The van der Waals surface area contributed by atoms with Crippen LogP contribution in [0.5, 0.6) is 5.75 Å². The molecule has 1 heterocycles. The van der Waals surface area contributed by atoms with Crippen molar-refractivity contribution in [1.29, 1.82) is 0 Å². The van der Waals surface area contributed by atoms with E-state index in [1.807, 2.05) is 0 Å². The summed E-state index contributed by atoms with van der Waals surface area (Å²) in [6, 6.07) is 7.12. The molecule has 0 amide bonds. The minimum Gasteiger partial charge on any atom is -0.489 e. The molecule has 1 atom stereocenters. The quantitative estimate of drug-likeness (QED) is 0.878. The van der Waals surface area contributed by atoms with Gasteiger partial charge in [-0.1, -0.05) is 18.6 Å². The molecule has 5 heteroatoms. The Kier molecular flexibility index (Phi) is 7.88. The van der Waals surface area contributed by atoms with Crippen LogP contribution in [0, 0.1) is 5.82 Å². The molecule has 1 unspecified atom stereocenters. The first-order valence-corrected chi connectivity index (χ1v) is 7.12. The van der Waals surface area contributed by atoms with E-state index < -0.39 is 0 Å². The van der Waals surface area contributed by atoms with E-state index >= 15 is 0 Å². The Hall–Kier alpha value is -0.840. The maximum absolute atomic E-state index is 13.4. The molecule has 0 spiro atoms. The van der Waals surface area contributed by atoms with E-state index in [1.165, 1.54) is 25.3 Å². The molecule has 1 fully saturated rings. The normalized spacial score (nSPS) is 19.4. The monoisotopic (exact) mass is 302 g/mol. The summed E-state index contributed by atoms with van der Waals surface area (Å²) in [5, 5.41) is 0. The van der Waals surface area contributed by atoms with Crippen molar-refractivity contribution in [3.63, 3.8) is 0 Å². The number of nitrogens with zero attached hydrogens (tertiary/aromatic N) is 1. The van der Waals surface area contributed by atoms with Gasteiger partial charge in [0, 0.05) is 12.6 Å². The van der Waals surface area contributed by atoms with E-state index in [-0.39, 0.29) is 18.2 Å². The van der Waals surface area contributed by atoms with Crippen molar-refractivity contribution in [3.8, 4) is 5.75 Å². The van der Waals surface area contributed by atoms with Crippen LogP contribution in [0.25, 0.3) is 0 Å². The van der Waals surface area contributed by atoms with Gasteiger partial charge in [-0.15, -0.1) is 12.4 Å². The third kappa shape index (κ3) is 4.93. The summed E-state index contributed by atoms with van der Waals surface area (Å²) in [6.07, 6.45) is 4.78. The van der Waals surface area contributed by atoms with Crippen molar-refractivity contribution < 1.29 is 9.13 Å². The van der Waals surface area contributed by atoms with E-state index in [4.69, 9.17) is 10.5 Å². The van der Waals surface area contributed by atoms with Gasteiger partial charge >= 0.3 is 0 Å². The van der Waals surface area contributed by atoms with Crippen molar-refractivity contribution >= 4 is 12.4 Å². The van der Waals surface area contributed by atoms with Crippen LogP contribution in [0.4, 0.5) is 4.39 Å². The molecule has 2 N–H and O–H groups in total. The van der Waals surface area contributed by atoms with Crippen LogP contribution in [-0.2, 0) is 0 Å². The van der Waals surface area contributed by atoms with E-state index in [0.29, 0.717) is 18.4 Å². The fraction of sp³-hybridized carbons (Fsp3) is 0.600. The number of nitrogens with two attached hydrogens (primary N) is 1. The number of hydrogen-bond acceptors (Lipinski definition) is 3. The highest BCUT2D eigenvalue weighted by molar-refractivity contribution is 5.85. The summed E-state index contributed by atoms with van der Waals surface area (Å²) in [5.74, 6) is 0.0505. The number of para-hydroxylation sites is 1. The summed E-state index contributed by atoms with van der Waals surface area (Å²) in [6.45, 7) is 3.21. The maximum Gasteiger partial charge on any atom is 0.165 e. The predicted octanol–water partition coefficient (Wildman–Crippen LogP) is 2.83. The second kappa shape index (κ2) is 9.16. The Labute approximate surface area is 126 Å². The smallest absolute Gasteiger partial charge is 0.165 e. The van der Waals surface area contributed by atoms with Gasteiger partial charge in [-0.25, -0.2) is 4.39 Å². The standard InChI is InChI=1S/C15H23FN2O.ClH/c16-14-6-1-2-7-15(14)19-12-11-18-10-4-3-5-13(18)8-9-17;/h1-2,6-7,13H,3-5,8-12,17H2;1H. The van der Waals surface area contributed by atoms with Gasteiger partial charge in [0.15, 0.2) is 11.6 Å². The van der Waals surface area contributed by atoms with Crippen LogP contribution < -0.4 is 10.5 Å². The number of ether oxygens (including phenoxy) is 1. The first kappa shape index (κ1) is 17.2. The molecule has 3 nitrogen and oxygen atoms in total. The van der Waals surface area contributed by atoms with Crippen LogP contribution in [0.3, 0.4) is 0 Å². The zero-order chi connectivity index (χ0) is 13.5. The molecular formula is C15H24ClFN2O. The van der Waals surface area contributed by atoms with Gasteiger partial charge in [-0.2, -0.15) is 0 Å². The SMILES string of the molecule is Cl.NCCC1CCCCN1CCOc1ccccc1F. The fourth-order valence-corrected chi connectivity index (χ4v) is 2.71. The van der Waals surface area contributed by atoms with Crippen LogP contribution in [0.1, 0.15) is 25.7 Å². The number of rotatable bonds is 6. The van der Waals surface area contributed by atoms with Crippen molar-refractivity contribution in [1.82, 2.24) is 4.90 Å². The maximum atomic E-state index is 13.4. The summed E-state index contributed by atoms with van der Waals surface area (Å²) in [5.41, 5.74) is 5.65. The summed E-state index contributed by atoms with van der Waals surface area (Å²) in [4.78, 5) is 2.43. The van der Waals surface area contributed by atoms with Gasteiger partial charge in [-0.3, -0.25) is 4.90 Å². The van der Waals surface area contributed by atoms with E-state index in [0.717, 1.165) is 26.1 Å². The summed E-state index contributed by atoms with van der Waals surface area (Å²) in [7, 11) is 0. The molecular weight excluding hydrogens is 279 g/mol. The van der Waals surface area contributed by atoms with Crippen LogP contribution in [0.15, 0.2) is 24.3 Å². The van der Waals surface area contributed by atoms with E-state index in [9.17, 15) is 4.39 Å². The summed E-state index contributed by atoms with van der Waals surface area (Å²) < 4.78 is 18.9. The molecule has 20 heavy (non-hydrogen) atoms. The number of hydrogen-bond donors (Lipinski definition) is 1. The molecule has 2 rings (SSSR count). The van der Waals surface area contributed by atoms with E-state index in [2.05, 4.69) is 4.90 Å². The van der Waals surface area contributed by atoms with Crippen LogP contribution >= 0.6 is 12.4 Å². The lowest BCUT2D eigenvalue weighted by atomic mass is 9.99. The number of piperidine rings is 1. The molecule has 1 aliphatic heterocycles. The Morgan fingerprint density at radius 3 is 2.85 bits per heavy atom. The Morgan fingerprint density at radius 1 is 1.30 bits per heavy atom. The Balaban J connectivity index is 0.00000200. The van der Waals surface area contributed by atoms with Crippen LogP contribution in [-0.4, -0.2) is 37.2 Å². The van der Waals surface area contributed by atoms with Crippen molar-refractivity contribution in [2.24, 2.45) is 5.73 Å². The molecule has 0 bridgehead atoms. The van der Waals surface area contributed by atoms with Gasteiger partial charge in [0.05, 0.1) is 0 Å². The van der Waals surface area contributed by atoms with Crippen molar-refractivity contribution in [2.45, 2.75) is 31.7 Å². The lowest BCUT2D eigenvalue weighted by molar-refractivity contribution is 0.117. The Morgan fingerprint density at radius 2 is 2.10 bits per heavy atom. The summed E-state index contributed by atoms with van der Waals surface area (Å²) >= 11 is 0. The van der Waals surface area contributed by atoms with Crippen molar-refractivity contribution in [3.05, 3.63) is 30.1 Å². The first-order valence-electron chi connectivity index (χ1n) is 7.12. The molecule has 0 aliphatic carbocycles. The molecule has 1 aromatic carbocycles. The average molecular weight is 303 g/mol. The second-order valence-electron chi connectivity index (χ2n) is 5.04. The van der Waals surface area contributed by atoms with Gasteiger partial charge in [-0.05, 0) is 44.5 Å². The minimum absolute atomic E-state index is 0. The Bertz CT molecular complexity index is 390. The third-order valence-electron chi connectivity index (χ3n) is 3.72. The highest BCUT2D eigenvalue weighted by Gasteiger charge is 2.21. The van der Waals surface area contributed by atoms with E-state index in [1.54, 1.807) is 18.2 Å². The van der Waals surface area contributed by atoms with Gasteiger partial charge < -0.3 is 10.5 Å². The number of benzene rings is 1. The molecule has 114 valence electrons. The molecule has 1 saturated heterocycles. The van der Waals surface area contributed by atoms with Gasteiger partial charge in [0.1, 0.15) is 6.61 Å². The highest BCUT2D eigenvalue weighted by Crippen LogP contribution is 2.19. The van der Waals surface area contributed by atoms with Crippen LogP contribution in [0.2, 0.25) is 0 Å². The topological polar surface area (TPSA) is 38.5 Å². The lowest BCUT2D eigenvalue weighted by Crippen LogP contribution is -2.42. The molecule has 0 saturated carbocycles. The number of likely N-dealkylation sites (tertiary alicyclic amines) is 1. The molecule has 0 aromatic heterocycles. The highest BCUT2D eigenvalue weighted by atomic mass is 35.5. The first-order chi connectivity index (χ1) is 9.31. The predicted molar refractivity (Wildman–Crippen MR) is 82.0 cm³/mol. The second-order valence-corrected chi connectivity index (χ2v) is 5.04. The molecule has 1 aromatic rings. The van der Waals surface area contributed by atoms with Gasteiger partial charge in [0.25, 0.3) is 0 Å². The molecule has 0 radical (unpaired) electrons. The van der Waals surface area contributed by atoms with Gasteiger partial charge in [0.2, 0.25) is 0 Å².